The Balaban J connectivity index is 2.02. The minimum atomic E-state index is -0.787. The van der Waals surface area contributed by atoms with Gasteiger partial charge in [0.2, 0.25) is 0 Å². The van der Waals surface area contributed by atoms with E-state index in [9.17, 15) is 9.59 Å². The van der Waals surface area contributed by atoms with Crippen molar-refractivity contribution in [1.29, 1.82) is 0 Å². The summed E-state index contributed by atoms with van der Waals surface area (Å²) >= 11 is 0. The summed E-state index contributed by atoms with van der Waals surface area (Å²) < 4.78 is 0. The van der Waals surface area contributed by atoms with Crippen molar-refractivity contribution in [2.24, 2.45) is 5.41 Å². The summed E-state index contributed by atoms with van der Waals surface area (Å²) in [6, 6.07) is 7.86. The maximum absolute atomic E-state index is 12.5. The van der Waals surface area contributed by atoms with Crippen molar-refractivity contribution in [2.45, 2.75) is 64.7 Å². The molecule has 22 heavy (non-hydrogen) atoms. The van der Waals surface area contributed by atoms with Crippen LogP contribution in [0.1, 0.15) is 74.2 Å². The lowest BCUT2D eigenvalue weighted by atomic mass is 9.77. The Hall–Kier alpha value is -1.64. The molecule has 1 aliphatic rings. The van der Waals surface area contributed by atoms with E-state index in [0.717, 1.165) is 44.1 Å². The van der Waals surface area contributed by atoms with Gasteiger partial charge >= 0.3 is 5.97 Å². The maximum Gasteiger partial charge on any atom is 0.303 e. The van der Waals surface area contributed by atoms with E-state index in [2.05, 4.69) is 6.92 Å². The van der Waals surface area contributed by atoms with E-state index in [1.165, 1.54) is 12.0 Å². The first-order valence-corrected chi connectivity index (χ1v) is 8.39. The molecule has 0 aromatic heterocycles. The Morgan fingerprint density at radius 1 is 1.09 bits per heavy atom. The number of benzene rings is 1. The molecule has 2 rings (SSSR count). The lowest BCUT2D eigenvalue weighted by Gasteiger charge is -2.26. The second-order valence-electron chi connectivity index (χ2n) is 6.68. The highest BCUT2D eigenvalue weighted by atomic mass is 16.4. The van der Waals surface area contributed by atoms with Gasteiger partial charge < -0.3 is 5.11 Å². The number of aryl methyl sites for hydroxylation is 1. The molecule has 1 aromatic rings. The highest BCUT2D eigenvalue weighted by Gasteiger charge is 2.38. The molecule has 1 N–H and O–H groups in total. The molecule has 0 bridgehead atoms. The van der Waals surface area contributed by atoms with Gasteiger partial charge in [-0.2, -0.15) is 0 Å². The monoisotopic (exact) mass is 302 g/mol. The van der Waals surface area contributed by atoms with Crippen molar-refractivity contribution < 1.29 is 14.7 Å². The average Bonchev–Trinajstić information content (AvgIpc) is 2.92. The van der Waals surface area contributed by atoms with Crippen LogP contribution in [-0.2, 0) is 11.2 Å². The standard InChI is InChI=1S/C19H26O3/c1-2-3-6-15-7-9-16(10-8-15)17(20)13-19(14-18(21)22)11-4-5-12-19/h7-10H,2-6,11-14H2,1H3,(H,21,22). The number of Topliss-reactive ketones (excluding diaryl/α,β-unsaturated/α-hetero) is 1. The molecule has 1 saturated carbocycles. The topological polar surface area (TPSA) is 54.4 Å². The molecule has 120 valence electrons. The highest BCUT2D eigenvalue weighted by Crippen LogP contribution is 2.44. The van der Waals surface area contributed by atoms with Gasteiger partial charge in [0.25, 0.3) is 0 Å². The Kier molecular flexibility index (Phi) is 5.76. The zero-order valence-corrected chi connectivity index (χ0v) is 13.4. The minimum Gasteiger partial charge on any atom is -0.481 e. The van der Waals surface area contributed by atoms with Gasteiger partial charge in [0, 0.05) is 12.0 Å². The summed E-state index contributed by atoms with van der Waals surface area (Å²) in [6.07, 6.45) is 7.66. The number of rotatable bonds is 8. The van der Waals surface area contributed by atoms with Crippen LogP contribution >= 0.6 is 0 Å². The van der Waals surface area contributed by atoms with Gasteiger partial charge in [-0.1, -0.05) is 50.5 Å². The molecular formula is C19H26O3. The van der Waals surface area contributed by atoms with Crippen LogP contribution in [0.2, 0.25) is 0 Å². The van der Waals surface area contributed by atoms with Crippen LogP contribution in [0.15, 0.2) is 24.3 Å². The predicted octanol–water partition coefficient (Wildman–Crippen LogP) is 4.64. The van der Waals surface area contributed by atoms with Crippen molar-refractivity contribution >= 4 is 11.8 Å². The van der Waals surface area contributed by atoms with Crippen LogP contribution in [0.4, 0.5) is 0 Å². The molecule has 3 heteroatoms. The molecule has 1 aliphatic carbocycles. The third-order valence-electron chi connectivity index (χ3n) is 4.82. The van der Waals surface area contributed by atoms with E-state index in [1.54, 1.807) is 0 Å². The first-order chi connectivity index (χ1) is 10.5. The number of unbranched alkanes of at least 4 members (excludes halogenated alkanes) is 1. The predicted molar refractivity (Wildman–Crippen MR) is 87.2 cm³/mol. The fraction of sp³-hybridized carbons (Fsp3) is 0.579. The fourth-order valence-electron chi connectivity index (χ4n) is 3.54. The van der Waals surface area contributed by atoms with Gasteiger partial charge in [0.15, 0.2) is 5.78 Å². The third-order valence-corrected chi connectivity index (χ3v) is 4.82. The summed E-state index contributed by atoms with van der Waals surface area (Å²) in [5.41, 5.74) is 1.67. The number of aliphatic carboxylic acids is 1. The molecule has 0 saturated heterocycles. The number of hydrogen-bond donors (Lipinski definition) is 1. The van der Waals surface area contributed by atoms with Crippen LogP contribution in [0, 0.1) is 5.41 Å². The number of carboxylic acid groups (broad SMARTS) is 1. The lowest BCUT2D eigenvalue weighted by Crippen LogP contribution is -2.24. The smallest absolute Gasteiger partial charge is 0.303 e. The molecule has 1 fully saturated rings. The molecule has 0 heterocycles. The van der Waals surface area contributed by atoms with Crippen LogP contribution in [0.25, 0.3) is 0 Å². The van der Waals surface area contributed by atoms with Gasteiger partial charge in [-0.05, 0) is 36.7 Å². The molecule has 3 nitrogen and oxygen atoms in total. The second-order valence-corrected chi connectivity index (χ2v) is 6.68. The molecule has 0 radical (unpaired) electrons. The van der Waals surface area contributed by atoms with Gasteiger partial charge in [-0.3, -0.25) is 9.59 Å². The molecule has 0 atom stereocenters. The van der Waals surface area contributed by atoms with Gasteiger partial charge in [-0.25, -0.2) is 0 Å². The van der Waals surface area contributed by atoms with Crippen molar-refractivity contribution in [1.82, 2.24) is 0 Å². The summed E-state index contributed by atoms with van der Waals surface area (Å²) in [5, 5.41) is 9.13. The summed E-state index contributed by atoms with van der Waals surface area (Å²) in [7, 11) is 0. The highest BCUT2D eigenvalue weighted by molar-refractivity contribution is 5.96. The van der Waals surface area contributed by atoms with E-state index < -0.39 is 5.97 Å². The van der Waals surface area contributed by atoms with Crippen molar-refractivity contribution in [3.63, 3.8) is 0 Å². The summed E-state index contributed by atoms with van der Waals surface area (Å²) in [5.74, 6) is -0.699. The van der Waals surface area contributed by atoms with Gasteiger partial charge in [-0.15, -0.1) is 0 Å². The zero-order valence-electron chi connectivity index (χ0n) is 13.4. The first-order valence-electron chi connectivity index (χ1n) is 8.39. The first kappa shape index (κ1) is 16.7. The number of carbonyl (C=O) groups excluding carboxylic acids is 1. The molecule has 1 aromatic carbocycles. The normalized spacial score (nSPS) is 16.6. The van der Waals surface area contributed by atoms with E-state index in [0.29, 0.717) is 6.42 Å². The molecule has 0 amide bonds. The third kappa shape index (κ3) is 4.43. The van der Waals surface area contributed by atoms with Crippen LogP contribution < -0.4 is 0 Å². The molecule has 0 unspecified atom stereocenters. The van der Waals surface area contributed by atoms with Crippen LogP contribution in [0.3, 0.4) is 0 Å². The SMILES string of the molecule is CCCCc1ccc(C(=O)CC2(CC(=O)O)CCCC2)cc1. The van der Waals surface area contributed by atoms with Crippen LogP contribution in [0.5, 0.6) is 0 Å². The minimum absolute atomic E-state index is 0.0881. The zero-order chi connectivity index (χ0) is 16.0. The van der Waals surface area contributed by atoms with Crippen LogP contribution in [-0.4, -0.2) is 16.9 Å². The van der Waals surface area contributed by atoms with E-state index >= 15 is 0 Å². The Labute approximate surface area is 132 Å². The van der Waals surface area contributed by atoms with E-state index in [4.69, 9.17) is 5.11 Å². The molecular weight excluding hydrogens is 276 g/mol. The quantitative estimate of drug-likeness (QED) is 0.712. The average molecular weight is 302 g/mol. The molecule has 0 spiro atoms. The Morgan fingerprint density at radius 2 is 1.73 bits per heavy atom. The van der Waals surface area contributed by atoms with Crippen molar-refractivity contribution in [3.8, 4) is 0 Å². The number of hydrogen-bond acceptors (Lipinski definition) is 2. The number of carbonyl (C=O) groups is 2. The number of ketones is 1. The van der Waals surface area contributed by atoms with E-state index in [-0.39, 0.29) is 17.6 Å². The largest absolute Gasteiger partial charge is 0.481 e. The Bertz CT molecular complexity index is 510. The molecule has 0 aliphatic heterocycles. The Morgan fingerprint density at radius 3 is 2.27 bits per heavy atom. The number of carboxylic acids is 1. The lowest BCUT2D eigenvalue weighted by molar-refractivity contribution is -0.139. The summed E-state index contributed by atoms with van der Waals surface area (Å²) in [6.45, 7) is 2.17. The second kappa shape index (κ2) is 7.57. The van der Waals surface area contributed by atoms with Gasteiger partial charge in [0.1, 0.15) is 0 Å². The van der Waals surface area contributed by atoms with Gasteiger partial charge in [0.05, 0.1) is 6.42 Å². The van der Waals surface area contributed by atoms with Crippen molar-refractivity contribution in [3.05, 3.63) is 35.4 Å². The maximum atomic E-state index is 12.5. The summed E-state index contributed by atoms with van der Waals surface area (Å²) in [4.78, 5) is 23.6. The van der Waals surface area contributed by atoms with Crippen molar-refractivity contribution in [2.75, 3.05) is 0 Å². The fourth-order valence-corrected chi connectivity index (χ4v) is 3.54. The van der Waals surface area contributed by atoms with E-state index in [1.807, 2.05) is 24.3 Å².